The van der Waals surface area contributed by atoms with Crippen LogP contribution in [0.15, 0.2) is 91.0 Å². The first-order valence-electron chi connectivity index (χ1n) is 33.0. The lowest BCUT2D eigenvalue weighted by Gasteiger charge is -2.36. The highest BCUT2D eigenvalue weighted by Gasteiger charge is 2.37. The molecule has 10 bridgehead atoms. The lowest BCUT2D eigenvalue weighted by Crippen LogP contribution is -2.40. The van der Waals surface area contributed by atoms with Gasteiger partial charge in [0.05, 0.1) is 43.0 Å². The SMILES string of the molecule is [C-]#[N+]/C1=C\c2cc(C#CCCCC)cc(c2)/C([N+]#[C-])=C/c2cc(C#CCCCC)cc(c2)/C([N+]#[C-])=C/c2cc(C#CCCCO[Si](C)(C)C(C)(C)C)cc(c2)/C(C#N)=C/c2cc(C#CCCCO[Si](C)(C)C(C)(C)C)cc(c2)C(C#N)=Cc2cc(C#CCCCC)cc1c2. The second-order valence-electron chi connectivity index (χ2n) is 26.7. The summed E-state index contributed by atoms with van der Waals surface area (Å²) >= 11 is 0. The van der Waals surface area contributed by atoms with Gasteiger partial charge in [0.25, 0.3) is 0 Å². The Balaban J connectivity index is 1.70. The Morgan fingerprint density at radius 2 is 0.606 bits per heavy atom. The van der Waals surface area contributed by atoms with Crippen molar-refractivity contribution in [1.82, 2.24) is 0 Å². The van der Waals surface area contributed by atoms with Crippen LogP contribution < -0.4 is 0 Å². The van der Waals surface area contributed by atoms with E-state index in [1.807, 2.05) is 121 Å². The first kappa shape index (κ1) is 73.5. The van der Waals surface area contributed by atoms with E-state index in [9.17, 15) is 10.5 Å². The Hall–Kier alpha value is -9.60. The number of nitrogens with zero attached hydrogens (tertiary/aromatic N) is 5. The van der Waals surface area contributed by atoms with Gasteiger partial charge in [0, 0.05) is 73.1 Å². The fraction of sp³-hybridized carbons (Fsp3) is 0.353. The Labute approximate surface area is 566 Å². The maximum atomic E-state index is 11.3. The molecule has 0 aliphatic heterocycles. The first-order chi connectivity index (χ1) is 44.9. The average molecular weight is 1270 g/mol. The number of hydrogen-bond acceptors (Lipinski definition) is 4. The third kappa shape index (κ3) is 22.3. The molecule has 1 aliphatic rings. The summed E-state index contributed by atoms with van der Waals surface area (Å²) in [5.74, 6) is 33.7. The van der Waals surface area contributed by atoms with Crippen molar-refractivity contribution in [3.05, 3.63) is 209 Å². The molecule has 0 saturated heterocycles. The maximum Gasteiger partial charge on any atom is 0.194 e. The van der Waals surface area contributed by atoms with Gasteiger partial charge in [-0.25, -0.2) is 14.5 Å². The molecule has 0 amide bonds. The number of fused-ring (bicyclic) bond motifs is 10. The smallest absolute Gasteiger partial charge is 0.194 e. The molecular formula is C85H89N5O2Si2. The molecule has 0 atom stereocenters. The van der Waals surface area contributed by atoms with Gasteiger partial charge >= 0.3 is 0 Å². The fourth-order valence-corrected chi connectivity index (χ4v) is 11.7. The molecule has 0 fully saturated rings. The van der Waals surface area contributed by atoms with Crippen molar-refractivity contribution < 1.29 is 8.85 Å². The average Bonchev–Trinajstić information content (AvgIpc) is 0.892. The second-order valence-corrected chi connectivity index (χ2v) is 36.3. The predicted octanol–water partition coefficient (Wildman–Crippen LogP) is 22.3. The summed E-state index contributed by atoms with van der Waals surface area (Å²) in [4.78, 5) is 12.4. The number of nitriles is 2. The van der Waals surface area contributed by atoms with Gasteiger partial charge in [-0.1, -0.05) is 159 Å². The topological polar surface area (TPSA) is 79.1 Å². The van der Waals surface area contributed by atoms with Gasteiger partial charge in [-0.15, -0.1) is 0 Å². The summed E-state index contributed by atoms with van der Waals surface area (Å²) in [6.45, 7) is 56.1. The Bertz CT molecular complexity index is 4260. The van der Waals surface area contributed by atoms with Gasteiger partial charge in [-0.05, 0) is 227 Å². The van der Waals surface area contributed by atoms with Crippen LogP contribution in [0.2, 0.25) is 36.3 Å². The van der Waals surface area contributed by atoms with Crippen molar-refractivity contribution in [1.29, 1.82) is 10.5 Å². The molecule has 94 heavy (non-hydrogen) atoms. The van der Waals surface area contributed by atoms with Crippen LogP contribution in [0, 0.1) is 102 Å². The molecule has 0 unspecified atom stereocenters. The van der Waals surface area contributed by atoms with Crippen LogP contribution in [0.3, 0.4) is 0 Å². The van der Waals surface area contributed by atoms with Crippen LogP contribution in [-0.2, 0) is 8.85 Å². The minimum atomic E-state index is -1.95. The molecule has 7 nitrogen and oxygen atoms in total. The molecule has 9 heteroatoms. The fourth-order valence-electron chi connectivity index (χ4n) is 9.53. The maximum absolute atomic E-state index is 11.3. The van der Waals surface area contributed by atoms with E-state index < -0.39 is 16.6 Å². The van der Waals surface area contributed by atoms with E-state index in [-0.39, 0.29) is 10.1 Å². The highest BCUT2D eigenvalue weighted by atomic mass is 28.4. The van der Waals surface area contributed by atoms with E-state index >= 15 is 0 Å². The Morgan fingerprint density at radius 1 is 0.362 bits per heavy atom. The molecule has 0 N–H and O–H groups in total. The summed E-state index contributed by atoms with van der Waals surface area (Å²) in [5.41, 5.74) is 11.3. The quantitative estimate of drug-likeness (QED) is 0.0480. The third-order valence-electron chi connectivity index (χ3n) is 17.0. The normalized spacial score (nSPS) is 14.4. The highest BCUT2D eigenvalue weighted by molar-refractivity contribution is 6.74. The zero-order valence-corrected chi connectivity index (χ0v) is 59.7. The van der Waals surface area contributed by atoms with E-state index in [2.05, 4.69) is 174 Å². The van der Waals surface area contributed by atoms with Crippen molar-refractivity contribution in [2.75, 3.05) is 13.2 Å². The number of rotatable bonds is 14. The molecule has 0 aromatic heterocycles. The Kier molecular flexibility index (Phi) is 27.7. The van der Waals surface area contributed by atoms with Gasteiger partial charge in [-0.2, -0.15) is 10.5 Å². The zero-order chi connectivity index (χ0) is 68.3. The van der Waals surface area contributed by atoms with Crippen LogP contribution in [0.4, 0.5) is 0 Å². The summed E-state index contributed by atoms with van der Waals surface area (Å²) < 4.78 is 13.0. The lowest BCUT2D eigenvalue weighted by molar-refractivity contribution is 0.284. The molecule has 6 rings (SSSR count). The number of allylic oxidation sites excluding steroid dienone is 2. The summed E-state index contributed by atoms with van der Waals surface area (Å²) in [6, 6.07) is 33.8. The van der Waals surface area contributed by atoms with Gasteiger partial charge in [0.15, 0.2) is 33.7 Å². The molecule has 0 saturated carbocycles. The molecule has 0 spiro atoms. The van der Waals surface area contributed by atoms with E-state index in [1.165, 1.54) is 0 Å². The third-order valence-corrected chi connectivity index (χ3v) is 26.1. The molecule has 5 aromatic rings. The molecule has 5 aromatic carbocycles. The van der Waals surface area contributed by atoms with E-state index in [0.717, 1.165) is 51.4 Å². The standard InChI is InChI=1S/C85H89N5O2Si2/c1-17-20-23-28-35-66-43-70-54-76(49-66)82(89-11)60-72-45-68(37-30-25-22-19-3)51-78(56-72)83(90-12)61-73-46-67(36-29-24-21-18-2)50-77(55-73)81(88-10)59-71-44-65(39-32-27-34-41-92-94(15,16)85(7,8)9)48-75(53-71)79(62-86)57-69-42-64(47-74(52-69)80(58-70)63-87)38-31-26-33-40-91-93(13,14)84(4,5)6/h42-61H,17-27,33-34,40-41H2,1-9,13-16H3/b79-57+,80-58?,81-59-,82-60-,83-61-. The van der Waals surface area contributed by atoms with Crippen molar-refractivity contribution in [3.8, 4) is 71.3 Å². The monoisotopic (exact) mass is 1270 g/mol. The summed E-state index contributed by atoms with van der Waals surface area (Å²) in [5, 5.41) is 22.6. The van der Waals surface area contributed by atoms with Gasteiger partial charge in [-0.3, -0.25) is 0 Å². The van der Waals surface area contributed by atoms with Crippen LogP contribution >= 0.6 is 0 Å². The summed E-state index contributed by atoms with van der Waals surface area (Å²) in [6.07, 6.45) is 19.7. The second kappa shape index (κ2) is 35.4. The van der Waals surface area contributed by atoms with Gasteiger partial charge in [0.1, 0.15) is 0 Å². The summed E-state index contributed by atoms with van der Waals surface area (Å²) in [7, 11) is -3.91. The van der Waals surface area contributed by atoms with Crippen LogP contribution in [0.5, 0.6) is 0 Å². The van der Waals surface area contributed by atoms with Crippen LogP contribution in [-0.4, -0.2) is 29.8 Å². The molecular weight excluding hydrogens is 1180 g/mol. The lowest BCUT2D eigenvalue weighted by atomic mass is 9.94. The van der Waals surface area contributed by atoms with E-state index in [0.29, 0.717) is 157 Å². The largest absolute Gasteiger partial charge is 0.417 e. The van der Waals surface area contributed by atoms with Crippen molar-refractivity contribution in [2.45, 2.75) is 182 Å². The van der Waals surface area contributed by atoms with Crippen molar-refractivity contribution in [2.24, 2.45) is 0 Å². The zero-order valence-electron chi connectivity index (χ0n) is 57.7. The number of hydrogen-bond donors (Lipinski definition) is 0. The minimum absolute atomic E-state index is 0.0841. The van der Waals surface area contributed by atoms with Crippen molar-refractivity contribution in [3.63, 3.8) is 0 Å². The predicted molar refractivity (Wildman–Crippen MR) is 400 cm³/mol. The number of benzene rings is 5. The van der Waals surface area contributed by atoms with Crippen LogP contribution in [0.25, 0.3) is 73.2 Å². The van der Waals surface area contributed by atoms with E-state index in [4.69, 9.17) is 28.6 Å². The molecule has 1 aliphatic carbocycles. The molecule has 0 heterocycles. The van der Waals surface area contributed by atoms with Crippen molar-refractivity contribution >= 4 is 75.3 Å². The molecule has 474 valence electrons. The first-order valence-corrected chi connectivity index (χ1v) is 38.8. The van der Waals surface area contributed by atoms with Crippen LogP contribution in [0.1, 0.15) is 229 Å². The van der Waals surface area contributed by atoms with E-state index in [1.54, 1.807) is 0 Å². The minimum Gasteiger partial charge on any atom is -0.417 e. The van der Waals surface area contributed by atoms with Gasteiger partial charge < -0.3 is 8.85 Å². The van der Waals surface area contributed by atoms with Gasteiger partial charge in [0.2, 0.25) is 0 Å². The number of unbranched alkanes of at least 4 members (excludes halogenated alkanes) is 8. The molecule has 0 radical (unpaired) electrons. The highest BCUT2D eigenvalue weighted by Crippen LogP contribution is 2.38. The Morgan fingerprint density at radius 3 is 0.851 bits per heavy atom.